The molecule has 0 aromatic heterocycles. The number of hydrogen-bond donors (Lipinski definition) is 1. The molecule has 1 fully saturated rings. The molecule has 1 saturated heterocycles. The van der Waals surface area contributed by atoms with Crippen LogP contribution in [-0.4, -0.2) is 42.4 Å². The molecule has 2 amide bonds. The number of hydrogen-bond acceptors (Lipinski definition) is 3. The number of carbonyl (C=O) groups excluding carboxylic acids is 2. The van der Waals surface area contributed by atoms with Gasteiger partial charge in [0.1, 0.15) is 0 Å². The Morgan fingerprint density at radius 3 is 2.62 bits per heavy atom. The summed E-state index contributed by atoms with van der Waals surface area (Å²) in [5.74, 6) is -0.380. The van der Waals surface area contributed by atoms with Crippen LogP contribution in [0.3, 0.4) is 0 Å². The van der Waals surface area contributed by atoms with Crippen molar-refractivity contribution in [2.45, 2.75) is 31.7 Å². The van der Waals surface area contributed by atoms with Crippen molar-refractivity contribution in [1.82, 2.24) is 4.90 Å². The molecule has 0 aliphatic carbocycles. The van der Waals surface area contributed by atoms with Gasteiger partial charge in [0, 0.05) is 24.8 Å². The minimum atomic E-state index is -0.289. The van der Waals surface area contributed by atoms with Crippen LogP contribution in [0, 0.1) is 0 Å². The second kappa shape index (κ2) is 5.39. The van der Waals surface area contributed by atoms with Crippen molar-refractivity contribution in [2.24, 2.45) is 5.73 Å². The van der Waals surface area contributed by atoms with Crippen LogP contribution < -0.4 is 10.6 Å². The van der Waals surface area contributed by atoms with E-state index in [4.69, 9.17) is 5.73 Å². The van der Waals surface area contributed by atoms with Crippen LogP contribution in [-0.2, 0) is 9.59 Å². The number of likely N-dealkylation sites (tertiary alicyclic amines) is 1. The summed E-state index contributed by atoms with van der Waals surface area (Å²) in [6, 6.07) is 7.90. The molecule has 2 unspecified atom stereocenters. The van der Waals surface area contributed by atoms with Crippen molar-refractivity contribution in [3.63, 3.8) is 0 Å². The van der Waals surface area contributed by atoms with Crippen LogP contribution >= 0.6 is 0 Å². The fourth-order valence-electron chi connectivity index (χ4n) is 3.20. The molecule has 1 aromatic rings. The monoisotopic (exact) mass is 287 g/mol. The standard InChI is InChI=1S/C16H21N3O2/c1-11-9-13(16(17)21)12-5-2-3-6-14(12)19(11)10-15(20)18-7-4-8-18/h2-3,5-6,11,13H,4,7-10H2,1H3,(H2,17,21). The van der Waals surface area contributed by atoms with Crippen molar-refractivity contribution in [3.8, 4) is 0 Å². The van der Waals surface area contributed by atoms with E-state index >= 15 is 0 Å². The topological polar surface area (TPSA) is 66.6 Å². The van der Waals surface area contributed by atoms with Gasteiger partial charge in [-0.2, -0.15) is 0 Å². The van der Waals surface area contributed by atoms with Crippen LogP contribution in [0.15, 0.2) is 24.3 Å². The Bertz CT molecular complexity index is 568. The lowest BCUT2D eigenvalue weighted by atomic mass is 9.85. The van der Waals surface area contributed by atoms with Gasteiger partial charge in [-0.05, 0) is 31.4 Å². The Balaban J connectivity index is 1.87. The van der Waals surface area contributed by atoms with Gasteiger partial charge in [0.25, 0.3) is 0 Å². The summed E-state index contributed by atoms with van der Waals surface area (Å²) in [6.45, 7) is 4.16. The minimum Gasteiger partial charge on any atom is -0.369 e. The van der Waals surface area contributed by atoms with Crippen LogP contribution in [0.25, 0.3) is 0 Å². The van der Waals surface area contributed by atoms with E-state index in [-0.39, 0.29) is 23.8 Å². The lowest BCUT2D eigenvalue weighted by molar-refractivity contribution is -0.133. The molecule has 2 atom stereocenters. The first-order valence-electron chi connectivity index (χ1n) is 7.50. The zero-order chi connectivity index (χ0) is 15.0. The highest BCUT2D eigenvalue weighted by Gasteiger charge is 2.34. The zero-order valence-electron chi connectivity index (χ0n) is 12.3. The Morgan fingerprint density at radius 1 is 1.29 bits per heavy atom. The minimum absolute atomic E-state index is 0.127. The molecule has 1 aromatic carbocycles. The van der Waals surface area contributed by atoms with Gasteiger partial charge in [0.15, 0.2) is 0 Å². The fourth-order valence-corrected chi connectivity index (χ4v) is 3.20. The van der Waals surface area contributed by atoms with E-state index in [1.54, 1.807) is 0 Å². The van der Waals surface area contributed by atoms with E-state index in [0.29, 0.717) is 13.0 Å². The second-order valence-electron chi connectivity index (χ2n) is 5.96. The van der Waals surface area contributed by atoms with E-state index in [2.05, 4.69) is 11.8 Å². The molecular formula is C16H21N3O2. The Hall–Kier alpha value is -2.04. The Labute approximate surface area is 124 Å². The van der Waals surface area contributed by atoms with Crippen LogP contribution in [0.1, 0.15) is 31.2 Å². The predicted octanol–water partition coefficient (Wildman–Crippen LogP) is 1.09. The summed E-state index contributed by atoms with van der Waals surface area (Å²) >= 11 is 0. The molecule has 0 spiro atoms. The first kappa shape index (κ1) is 13.9. The van der Waals surface area contributed by atoms with Crippen molar-refractivity contribution in [3.05, 3.63) is 29.8 Å². The van der Waals surface area contributed by atoms with Crippen molar-refractivity contribution in [1.29, 1.82) is 0 Å². The second-order valence-corrected chi connectivity index (χ2v) is 5.96. The summed E-state index contributed by atoms with van der Waals surface area (Å²) < 4.78 is 0. The highest BCUT2D eigenvalue weighted by molar-refractivity contribution is 5.87. The molecule has 0 radical (unpaired) electrons. The lowest BCUT2D eigenvalue weighted by Crippen LogP contribution is -2.51. The summed E-state index contributed by atoms with van der Waals surface area (Å²) in [5.41, 5.74) is 7.45. The van der Waals surface area contributed by atoms with Gasteiger partial charge in [0.2, 0.25) is 11.8 Å². The van der Waals surface area contributed by atoms with Gasteiger partial charge < -0.3 is 15.5 Å². The van der Waals surface area contributed by atoms with E-state index in [0.717, 1.165) is 30.8 Å². The van der Waals surface area contributed by atoms with Gasteiger partial charge in [-0.3, -0.25) is 9.59 Å². The molecule has 2 aliphatic rings. The lowest BCUT2D eigenvalue weighted by Gasteiger charge is -2.41. The quantitative estimate of drug-likeness (QED) is 0.905. The third-order valence-corrected chi connectivity index (χ3v) is 4.59. The highest BCUT2D eigenvalue weighted by atomic mass is 16.2. The number of nitrogens with zero attached hydrogens (tertiary/aromatic N) is 2. The zero-order valence-corrected chi connectivity index (χ0v) is 12.3. The molecule has 112 valence electrons. The number of amides is 2. The number of anilines is 1. The SMILES string of the molecule is CC1CC(C(N)=O)c2ccccc2N1CC(=O)N1CCC1. The van der Waals surface area contributed by atoms with E-state index in [1.807, 2.05) is 29.2 Å². The van der Waals surface area contributed by atoms with Gasteiger partial charge in [0.05, 0.1) is 12.5 Å². The molecular weight excluding hydrogens is 266 g/mol. The molecule has 0 saturated carbocycles. The normalized spacial score (nSPS) is 24.2. The smallest absolute Gasteiger partial charge is 0.242 e. The molecule has 21 heavy (non-hydrogen) atoms. The summed E-state index contributed by atoms with van der Waals surface area (Å²) in [4.78, 5) is 27.9. The van der Waals surface area contributed by atoms with E-state index in [1.165, 1.54) is 0 Å². The van der Waals surface area contributed by atoms with Crippen LogP contribution in [0.5, 0.6) is 0 Å². The Morgan fingerprint density at radius 2 is 2.00 bits per heavy atom. The van der Waals surface area contributed by atoms with Crippen LogP contribution in [0.4, 0.5) is 5.69 Å². The van der Waals surface area contributed by atoms with Crippen LogP contribution in [0.2, 0.25) is 0 Å². The first-order chi connectivity index (χ1) is 10.1. The van der Waals surface area contributed by atoms with Crippen molar-refractivity contribution >= 4 is 17.5 Å². The number of nitrogens with two attached hydrogens (primary N) is 1. The molecule has 3 rings (SSSR count). The van der Waals surface area contributed by atoms with Crippen molar-refractivity contribution < 1.29 is 9.59 Å². The summed E-state index contributed by atoms with van der Waals surface area (Å²) in [6.07, 6.45) is 1.77. The van der Waals surface area contributed by atoms with Crippen molar-refractivity contribution in [2.75, 3.05) is 24.5 Å². The molecule has 5 heteroatoms. The average molecular weight is 287 g/mol. The largest absolute Gasteiger partial charge is 0.369 e. The number of rotatable bonds is 3. The van der Waals surface area contributed by atoms with Gasteiger partial charge in [-0.25, -0.2) is 0 Å². The molecule has 0 bridgehead atoms. The molecule has 2 aliphatic heterocycles. The Kier molecular flexibility index (Phi) is 3.57. The number of primary amides is 1. The van der Waals surface area contributed by atoms with E-state index in [9.17, 15) is 9.59 Å². The third-order valence-electron chi connectivity index (χ3n) is 4.59. The number of fused-ring (bicyclic) bond motifs is 1. The predicted molar refractivity (Wildman–Crippen MR) is 81.0 cm³/mol. The maximum atomic E-state index is 12.3. The third kappa shape index (κ3) is 2.48. The fraction of sp³-hybridized carbons (Fsp3) is 0.500. The number of benzene rings is 1. The maximum Gasteiger partial charge on any atom is 0.242 e. The number of para-hydroxylation sites is 1. The highest BCUT2D eigenvalue weighted by Crippen LogP contribution is 2.38. The molecule has 2 heterocycles. The van der Waals surface area contributed by atoms with Gasteiger partial charge in [-0.15, -0.1) is 0 Å². The van der Waals surface area contributed by atoms with Gasteiger partial charge >= 0.3 is 0 Å². The van der Waals surface area contributed by atoms with E-state index < -0.39 is 0 Å². The first-order valence-corrected chi connectivity index (χ1v) is 7.50. The maximum absolute atomic E-state index is 12.3. The van der Waals surface area contributed by atoms with Gasteiger partial charge in [-0.1, -0.05) is 18.2 Å². The summed E-state index contributed by atoms with van der Waals surface area (Å²) in [7, 11) is 0. The summed E-state index contributed by atoms with van der Waals surface area (Å²) in [5, 5.41) is 0. The number of carbonyl (C=O) groups is 2. The molecule has 5 nitrogen and oxygen atoms in total. The molecule has 2 N–H and O–H groups in total. The average Bonchev–Trinajstić information content (AvgIpc) is 2.39.